The minimum absolute atomic E-state index is 0.164. The Hall–Kier alpha value is -1.38. The van der Waals surface area contributed by atoms with Crippen LogP contribution >= 0.6 is 0 Å². The van der Waals surface area contributed by atoms with E-state index in [1.807, 2.05) is 27.7 Å². The maximum absolute atomic E-state index is 13.1. The van der Waals surface area contributed by atoms with E-state index in [4.69, 9.17) is 33.2 Å². The Bertz CT molecular complexity index is 1270. The Kier molecular flexibility index (Phi) is 13.4. The van der Waals surface area contributed by atoms with Crippen molar-refractivity contribution < 1.29 is 58.1 Å². The molecule has 17 unspecified atom stereocenters. The molecule has 3 N–H and O–H groups in total. The fraction of sp³-hybridized carbons (Fsp3) is 0.951. The van der Waals surface area contributed by atoms with Crippen LogP contribution in [0.2, 0.25) is 0 Å². The lowest BCUT2D eigenvalue weighted by Crippen LogP contribution is -2.57. The maximum atomic E-state index is 13.1. The molecule has 12 nitrogen and oxygen atoms in total. The van der Waals surface area contributed by atoms with Crippen LogP contribution in [0.25, 0.3) is 0 Å². The number of aliphatic hydroxyl groups excluding tert-OH is 2. The molecule has 0 aliphatic carbocycles. The van der Waals surface area contributed by atoms with Crippen molar-refractivity contribution in [3.63, 3.8) is 0 Å². The van der Waals surface area contributed by atoms with Crippen LogP contribution in [-0.4, -0.2) is 106 Å². The molecule has 0 aromatic heterocycles. The van der Waals surface area contributed by atoms with Crippen molar-refractivity contribution in [3.05, 3.63) is 0 Å². The van der Waals surface area contributed by atoms with Gasteiger partial charge in [0.05, 0.1) is 67.0 Å². The van der Waals surface area contributed by atoms with Crippen LogP contribution in [0.4, 0.5) is 0 Å². The van der Waals surface area contributed by atoms with E-state index in [-0.39, 0.29) is 54.5 Å². The summed E-state index contributed by atoms with van der Waals surface area (Å²) < 4.78 is 45.2. The Morgan fingerprint density at radius 3 is 2.32 bits per heavy atom. The van der Waals surface area contributed by atoms with Gasteiger partial charge in [-0.2, -0.15) is 0 Å². The fourth-order valence-corrected chi connectivity index (χ4v) is 10.1. The summed E-state index contributed by atoms with van der Waals surface area (Å²) in [6, 6.07) is 0. The molecule has 53 heavy (non-hydrogen) atoms. The van der Waals surface area contributed by atoms with Crippen molar-refractivity contribution >= 4 is 11.9 Å². The lowest BCUT2D eigenvalue weighted by Gasteiger charge is -2.48. The zero-order chi connectivity index (χ0) is 39.1. The molecule has 17 atom stereocenters. The van der Waals surface area contributed by atoms with Gasteiger partial charge in [-0.25, -0.2) is 0 Å². The van der Waals surface area contributed by atoms with Crippen LogP contribution < -0.4 is 0 Å². The molecule has 0 saturated carbocycles. The average molecular weight is 755 g/mol. The monoisotopic (exact) mass is 754 g/mol. The molecule has 306 valence electrons. The van der Waals surface area contributed by atoms with Gasteiger partial charge in [0.15, 0.2) is 11.6 Å². The van der Waals surface area contributed by atoms with Crippen LogP contribution in [0.15, 0.2) is 0 Å². The second-order valence-corrected chi connectivity index (χ2v) is 18.0. The highest BCUT2D eigenvalue weighted by Crippen LogP contribution is 2.54. The number of aliphatic hydroxyl groups is 3. The van der Waals surface area contributed by atoms with Crippen LogP contribution in [0.3, 0.4) is 0 Å². The van der Waals surface area contributed by atoms with Crippen molar-refractivity contribution in [2.24, 2.45) is 35.5 Å². The van der Waals surface area contributed by atoms with Crippen LogP contribution in [0.5, 0.6) is 0 Å². The number of esters is 2. The van der Waals surface area contributed by atoms with Gasteiger partial charge >= 0.3 is 11.9 Å². The molecule has 5 fully saturated rings. The number of hydrogen-bond donors (Lipinski definition) is 3. The predicted octanol–water partition coefficient (Wildman–Crippen LogP) is 5.45. The summed E-state index contributed by atoms with van der Waals surface area (Å²) in [4.78, 5) is 25.7. The first kappa shape index (κ1) is 42.8. The van der Waals surface area contributed by atoms with E-state index < -0.39 is 71.5 Å². The second kappa shape index (κ2) is 16.6. The summed E-state index contributed by atoms with van der Waals surface area (Å²) in [5.74, 6) is -4.76. The van der Waals surface area contributed by atoms with Gasteiger partial charge in [-0.1, -0.05) is 54.9 Å². The normalized spacial score (nSPS) is 46.3. The van der Waals surface area contributed by atoms with Gasteiger partial charge in [0, 0.05) is 37.0 Å². The SMILES string of the molecule is CCCCOC(=O)C(C)C(OC(=O)CC)C(C)C1OC2(CCC(C)(C3CCC(C)(C4OC(C5OC(O)(CO)C(C)CC5C)CC4C)O3)O2)CC(O)C1C. The lowest BCUT2D eigenvalue weighted by atomic mass is 9.78. The summed E-state index contributed by atoms with van der Waals surface area (Å²) in [5.41, 5.74) is -1.26. The van der Waals surface area contributed by atoms with E-state index in [9.17, 15) is 24.9 Å². The van der Waals surface area contributed by atoms with Gasteiger partial charge < -0.3 is 48.5 Å². The molecule has 0 aromatic carbocycles. The van der Waals surface area contributed by atoms with Gasteiger partial charge in [0.2, 0.25) is 0 Å². The smallest absolute Gasteiger partial charge is 0.312 e. The minimum Gasteiger partial charge on any atom is -0.465 e. The quantitative estimate of drug-likeness (QED) is 0.162. The number of hydrogen-bond acceptors (Lipinski definition) is 12. The Labute approximate surface area is 317 Å². The van der Waals surface area contributed by atoms with Gasteiger partial charge in [0.1, 0.15) is 6.10 Å². The largest absolute Gasteiger partial charge is 0.465 e. The zero-order valence-electron chi connectivity index (χ0n) is 34.0. The second-order valence-electron chi connectivity index (χ2n) is 18.0. The Balaban J connectivity index is 1.27. The van der Waals surface area contributed by atoms with E-state index >= 15 is 0 Å². The molecule has 0 aromatic rings. The number of ether oxygens (including phenoxy) is 7. The molecule has 1 spiro atoms. The van der Waals surface area contributed by atoms with Crippen molar-refractivity contribution in [2.45, 2.75) is 199 Å². The van der Waals surface area contributed by atoms with E-state index in [0.717, 1.165) is 38.5 Å². The van der Waals surface area contributed by atoms with Gasteiger partial charge in [-0.3, -0.25) is 9.59 Å². The van der Waals surface area contributed by atoms with Crippen molar-refractivity contribution in [2.75, 3.05) is 13.2 Å². The third-order valence-electron chi connectivity index (χ3n) is 13.6. The molecule has 12 heteroatoms. The summed E-state index contributed by atoms with van der Waals surface area (Å²) >= 11 is 0. The molecule has 0 amide bonds. The molecule has 5 saturated heterocycles. The third kappa shape index (κ3) is 8.65. The number of carbonyl (C=O) groups excluding carboxylic acids is 2. The zero-order valence-corrected chi connectivity index (χ0v) is 34.0. The summed E-state index contributed by atoms with van der Waals surface area (Å²) in [6.07, 6.45) is 3.30. The topological polar surface area (TPSA) is 159 Å². The highest BCUT2D eigenvalue weighted by atomic mass is 16.7. The molecule has 5 aliphatic rings. The summed E-state index contributed by atoms with van der Waals surface area (Å²) in [6.45, 7) is 19.6. The first-order valence-electron chi connectivity index (χ1n) is 20.6. The minimum atomic E-state index is -1.58. The predicted molar refractivity (Wildman–Crippen MR) is 195 cm³/mol. The van der Waals surface area contributed by atoms with Crippen molar-refractivity contribution in [1.29, 1.82) is 0 Å². The highest BCUT2D eigenvalue weighted by molar-refractivity contribution is 5.74. The molecule has 0 radical (unpaired) electrons. The van der Waals surface area contributed by atoms with E-state index in [0.29, 0.717) is 25.9 Å². The van der Waals surface area contributed by atoms with Crippen molar-refractivity contribution in [3.8, 4) is 0 Å². The van der Waals surface area contributed by atoms with E-state index in [1.165, 1.54) is 0 Å². The average Bonchev–Trinajstić information content (AvgIpc) is 3.82. The highest BCUT2D eigenvalue weighted by Gasteiger charge is 2.62. The first-order chi connectivity index (χ1) is 24.8. The lowest BCUT2D eigenvalue weighted by molar-refractivity contribution is -0.335. The number of unbranched alkanes of at least 4 members (excludes halogenated alkanes) is 1. The van der Waals surface area contributed by atoms with E-state index in [2.05, 4.69) is 27.7 Å². The number of rotatable bonds is 13. The van der Waals surface area contributed by atoms with Gasteiger partial charge in [-0.15, -0.1) is 0 Å². The van der Waals surface area contributed by atoms with E-state index in [1.54, 1.807) is 13.8 Å². The van der Waals surface area contributed by atoms with Gasteiger partial charge in [0.25, 0.3) is 0 Å². The molecular formula is C41H70O12. The van der Waals surface area contributed by atoms with Gasteiger partial charge in [-0.05, 0) is 71.1 Å². The Morgan fingerprint density at radius 2 is 1.66 bits per heavy atom. The molecule has 5 heterocycles. The molecular weight excluding hydrogens is 684 g/mol. The fourth-order valence-electron chi connectivity index (χ4n) is 10.1. The molecule has 0 bridgehead atoms. The summed E-state index contributed by atoms with van der Waals surface area (Å²) in [5, 5.41) is 32.4. The summed E-state index contributed by atoms with van der Waals surface area (Å²) in [7, 11) is 0. The first-order valence-corrected chi connectivity index (χ1v) is 20.6. The maximum Gasteiger partial charge on any atom is 0.312 e. The molecule has 5 rings (SSSR count). The van der Waals surface area contributed by atoms with Crippen LogP contribution in [0, 0.1) is 35.5 Å². The van der Waals surface area contributed by atoms with Crippen LogP contribution in [-0.2, 0) is 42.7 Å². The van der Waals surface area contributed by atoms with Crippen molar-refractivity contribution in [1.82, 2.24) is 0 Å². The van der Waals surface area contributed by atoms with Crippen LogP contribution in [0.1, 0.15) is 133 Å². The standard InChI is InChI=1S/C41H70O12/c1-11-13-18-47-37(45)28(8)34(49-32(44)12-2)27(7)35-26(6)29(43)21-40(51-35)17-16-38(9,53-40)31-14-15-39(10,50-31)36-24(4)20-30(48-36)33-23(3)19-25(5)41(46,22-42)52-33/h23-31,33-36,42-43,46H,11-22H2,1-10H3. The molecule has 5 aliphatic heterocycles. The number of carbonyl (C=O) groups is 2. The third-order valence-corrected chi connectivity index (χ3v) is 13.6. The Morgan fingerprint density at radius 1 is 0.943 bits per heavy atom.